The summed E-state index contributed by atoms with van der Waals surface area (Å²) in [6.45, 7) is 0. The number of ketones is 1. The van der Waals surface area contributed by atoms with Crippen LogP contribution in [0.4, 0.5) is 11.4 Å². The van der Waals surface area contributed by atoms with Crippen LogP contribution in [-0.2, 0) is 4.79 Å². The first kappa shape index (κ1) is 24.1. The van der Waals surface area contributed by atoms with Crippen molar-refractivity contribution in [1.29, 1.82) is 0 Å². The number of para-hydroxylation sites is 2. The Balaban J connectivity index is 1.55. The zero-order valence-corrected chi connectivity index (χ0v) is 21.4. The van der Waals surface area contributed by atoms with Crippen molar-refractivity contribution < 1.29 is 18.7 Å². The highest BCUT2D eigenvalue weighted by molar-refractivity contribution is 6.30. The molecule has 2 heterocycles. The smallest absolute Gasteiger partial charge is 0.259 e. The maximum Gasteiger partial charge on any atom is 0.259 e. The first-order valence-electron chi connectivity index (χ1n) is 12.4. The van der Waals surface area contributed by atoms with Gasteiger partial charge in [-0.2, -0.15) is 0 Å². The zero-order valence-electron chi connectivity index (χ0n) is 20.7. The van der Waals surface area contributed by atoms with Crippen molar-refractivity contribution in [1.82, 2.24) is 0 Å². The van der Waals surface area contributed by atoms with E-state index in [0.717, 1.165) is 22.7 Å². The summed E-state index contributed by atoms with van der Waals surface area (Å²) in [6, 6.07) is 25.1. The van der Waals surface area contributed by atoms with Crippen molar-refractivity contribution in [3.63, 3.8) is 0 Å². The zero-order chi connectivity index (χ0) is 26.2. The Morgan fingerprint density at radius 3 is 2.45 bits per heavy atom. The van der Waals surface area contributed by atoms with Gasteiger partial charge in [0.2, 0.25) is 0 Å². The Kier molecular flexibility index (Phi) is 6.26. The number of furan rings is 1. The van der Waals surface area contributed by atoms with E-state index in [1.807, 2.05) is 48.5 Å². The van der Waals surface area contributed by atoms with Gasteiger partial charge in [0.25, 0.3) is 5.91 Å². The normalized spacial score (nSPS) is 18.8. The van der Waals surface area contributed by atoms with E-state index < -0.39 is 6.04 Å². The number of methoxy groups -OCH3 is 1. The highest BCUT2D eigenvalue weighted by Crippen LogP contribution is 2.48. The molecule has 0 spiro atoms. The van der Waals surface area contributed by atoms with E-state index in [-0.39, 0.29) is 17.6 Å². The highest BCUT2D eigenvalue weighted by Gasteiger charge is 2.42. The van der Waals surface area contributed by atoms with Gasteiger partial charge in [0.1, 0.15) is 11.5 Å². The van der Waals surface area contributed by atoms with Crippen LogP contribution >= 0.6 is 11.6 Å². The van der Waals surface area contributed by atoms with Crippen LogP contribution < -0.4 is 15.0 Å². The maximum atomic E-state index is 14.3. The van der Waals surface area contributed by atoms with Crippen molar-refractivity contribution in [2.24, 2.45) is 0 Å². The first-order valence-corrected chi connectivity index (χ1v) is 12.8. The molecular weight excluding hydrogens is 500 g/mol. The van der Waals surface area contributed by atoms with Gasteiger partial charge >= 0.3 is 0 Å². The summed E-state index contributed by atoms with van der Waals surface area (Å²) in [7, 11) is 1.59. The summed E-state index contributed by atoms with van der Waals surface area (Å²) < 4.78 is 11.0. The van der Waals surface area contributed by atoms with Crippen LogP contribution in [0.25, 0.3) is 0 Å². The number of nitrogens with zero attached hydrogens (tertiary/aromatic N) is 1. The van der Waals surface area contributed by atoms with E-state index >= 15 is 0 Å². The lowest BCUT2D eigenvalue weighted by Crippen LogP contribution is -2.38. The number of carbonyl (C=O) groups is 2. The maximum absolute atomic E-state index is 14.3. The fraction of sp³-hybridized carbons (Fsp3) is 0.161. The van der Waals surface area contributed by atoms with Crippen molar-refractivity contribution >= 4 is 34.7 Å². The lowest BCUT2D eigenvalue weighted by Gasteiger charge is -2.35. The lowest BCUT2D eigenvalue weighted by atomic mass is 9.80. The second-order valence-corrected chi connectivity index (χ2v) is 9.87. The van der Waals surface area contributed by atoms with Gasteiger partial charge in [-0.05, 0) is 72.6 Å². The van der Waals surface area contributed by atoms with Gasteiger partial charge in [-0.15, -0.1) is 0 Å². The third kappa shape index (κ3) is 4.27. The Bertz CT molecular complexity index is 1530. The number of allylic oxidation sites excluding steroid dienone is 1. The molecule has 2 aliphatic rings. The molecule has 0 fully saturated rings. The molecule has 38 heavy (non-hydrogen) atoms. The number of fused-ring (bicyclic) bond motifs is 1. The van der Waals surface area contributed by atoms with Crippen LogP contribution in [0.3, 0.4) is 0 Å². The summed E-state index contributed by atoms with van der Waals surface area (Å²) in [5, 5.41) is 4.11. The molecule has 0 unspecified atom stereocenters. The fourth-order valence-electron chi connectivity index (χ4n) is 5.37. The van der Waals surface area contributed by atoms with Crippen molar-refractivity contribution in [2.75, 3.05) is 17.3 Å². The number of anilines is 2. The highest BCUT2D eigenvalue weighted by atomic mass is 35.5. The number of carbonyl (C=O) groups excluding carboxylic acids is 2. The molecular formula is C31H25ClN2O4. The van der Waals surface area contributed by atoms with Crippen LogP contribution in [0, 0.1) is 0 Å². The van der Waals surface area contributed by atoms with Gasteiger partial charge in [-0.25, -0.2) is 0 Å². The van der Waals surface area contributed by atoms with Gasteiger partial charge in [0, 0.05) is 34.2 Å². The third-order valence-electron chi connectivity index (χ3n) is 7.18. The van der Waals surface area contributed by atoms with Crippen LogP contribution in [-0.4, -0.2) is 18.8 Å². The first-order chi connectivity index (χ1) is 18.5. The summed E-state index contributed by atoms with van der Waals surface area (Å²) in [5.74, 6) is 1.09. The number of hydrogen-bond acceptors (Lipinski definition) is 5. The topological polar surface area (TPSA) is 71.8 Å². The van der Waals surface area contributed by atoms with Gasteiger partial charge in [-0.3, -0.25) is 14.5 Å². The molecule has 0 radical (unpaired) electrons. The molecule has 1 amide bonds. The predicted octanol–water partition coefficient (Wildman–Crippen LogP) is 7.16. The number of ether oxygens (including phenoxy) is 1. The van der Waals surface area contributed by atoms with Crippen LogP contribution in [0.2, 0.25) is 5.02 Å². The standard InChI is InChI=1S/C31H25ClN2O4/c1-37-23-14-10-20(11-15-23)31(36)34-26-6-3-2-5-24(26)33-25-17-21(28-7-4-16-38-28)18-27(35)29(25)30(34)19-8-12-22(32)13-9-19/h2-16,21,30,33H,17-18H2,1H3/t21-,30-/m0/s1. The molecule has 0 saturated carbocycles. The second kappa shape index (κ2) is 9.88. The molecule has 7 heteroatoms. The molecule has 4 aromatic rings. The molecule has 6 nitrogen and oxygen atoms in total. The summed E-state index contributed by atoms with van der Waals surface area (Å²) in [4.78, 5) is 30.0. The summed E-state index contributed by atoms with van der Waals surface area (Å²) >= 11 is 6.24. The molecule has 0 saturated heterocycles. The molecule has 1 aliphatic carbocycles. The summed E-state index contributed by atoms with van der Waals surface area (Å²) in [5.41, 5.74) is 4.09. The Morgan fingerprint density at radius 1 is 0.974 bits per heavy atom. The molecule has 190 valence electrons. The molecule has 1 aliphatic heterocycles. The molecule has 2 atom stereocenters. The average Bonchev–Trinajstić information content (AvgIpc) is 3.44. The van der Waals surface area contributed by atoms with E-state index in [1.165, 1.54) is 0 Å². The van der Waals surface area contributed by atoms with E-state index in [0.29, 0.717) is 40.4 Å². The summed E-state index contributed by atoms with van der Waals surface area (Å²) in [6.07, 6.45) is 2.50. The molecule has 1 aromatic heterocycles. The number of rotatable bonds is 4. The lowest BCUT2D eigenvalue weighted by molar-refractivity contribution is -0.116. The largest absolute Gasteiger partial charge is 0.497 e. The van der Waals surface area contributed by atoms with Crippen molar-refractivity contribution in [3.05, 3.63) is 124 Å². The SMILES string of the molecule is COc1ccc(C(=O)N2c3ccccc3NC3=C(C(=O)C[C@@H](c4ccco4)C3)[C@@H]2c2ccc(Cl)cc2)cc1. The number of halogens is 1. The molecule has 3 aromatic carbocycles. The van der Waals surface area contributed by atoms with E-state index in [2.05, 4.69) is 5.32 Å². The molecule has 0 bridgehead atoms. The van der Waals surface area contributed by atoms with Gasteiger partial charge in [0.15, 0.2) is 5.78 Å². The van der Waals surface area contributed by atoms with Gasteiger partial charge < -0.3 is 14.5 Å². The van der Waals surface area contributed by atoms with Crippen molar-refractivity contribution in [3.8, 4) is 5.75 Å². The minimum absolute atomic E-state index is 0.0274. The number of nitrogens with one attached hydrogen (secondary N) is 1. The average molecular weight is 525 g/mol. The monoisotopic (exact) mass is 524 g/mol. The number of benzene rings is 3. The van der Waals surface area contributed by atoms with E-state index in [9.17, 15) is 9.59 Å². The minimum atomic E-state index is -0.655. The van der Waals surface area contributed by atoms with Crippen LogP contribution in [0.1, 0.15) is 46.5 Å². The van der Waals surface area contributed by atoms with Crippen LogP contribution in [0.15, 0.2) is 107 Å². The molecule has 6 rings (SSSR count). The molecule has 1 N–H and O–H groups in total. The van der Waals surface area contributed by atoms with Gasteiger partial charge in [-0.1, -0.05) is 35.9 Å². The number of hydrogen-bond donors (Lipinski definition) is 1. The quantitative estimate of drug-likeness (QED) is 0.307. The van der Waals surface area contributed by atoms with E-state index in [1.54, 1.807) is 54.7 Å². The third-order valence-corrected chi connectivity index (χ3v) is 7.43. The Morgan fingerprint density at radius 2 is 1.74 bits per heavy atom. The van der Waals surface area contributed by atoms with E-state index in [4.69, 9.17) is 20.8 Å². The van der Waals surface area contributed by atoms with Gasteiger partial charge in [0.05, 0.1) is 30.8 Å². The van der Waals surface area contributed by atoms with Crippen LogP contribution in [0.5, 0.6) is 5.75 Å². The number of amides is 1. The fourth-order valence-corrected chi connectivity index (χ4v) is 5.50. The Labute approximate surface area is 225 Å². The minimum Gasteiger partial charge on any atom is -0.497 e. The second-order valence-electron chi connectivity index (χ2n) is 9.44. The Hall–Kier alpha value is -4.29. The predicted molar refractivity (Wildman–Crippen MR) is 147 cm³/mol. The number of Topliss-reactive ketones (excluding diaryl/α,β-unsaturated/α-hetero) is 1. The van der Waals surface area contributed by atoms with Crippen molar-refractivity contribution in [2.45, 2.75) is 24.8 Å².